The van der Waals surface area contributed by atoms with Crippen molar-refractivity contribution in [3.63, 3.8) is 0 Å². The maximum atomic E-state index is 13.1. The van der Waals surface area contributed by atoms with Crippen LogP contribution in [0.25, 0.3) is 0 Å². The van der Waals surface area contributed by atoms with Crippen LogP contribution >= 0.6 is 39.9 Å². The molecule has 0 heterocycles. The monoisotopic (exact) mass is 335 g/mol. The van der Waals surface area contributed by atoms with E-state index in [4.69, 9.17) is 22.4 Å². The normalized spacial score (nSPS) is 13.1. The van der Waals surface area contributed by atoms with Crippen molar-refractivity contribution in [2.75, 3.05) is 6.61 Å². The van der Waals surface area contributed by atoms with E-state index in [-0.39, 0.29) is 23.0 Å². The van der Waals surface area contributed by atoms with Crippen molar-refractivity contribution in [3.05, 3.63) is 33.3 Å². The zero-order chi connectivity index (χ0) is 11.6. The van der Waals surface area contributed by atoms with E-state index in [1.807, 2.05) is 0 Å². The first-order valence-corrected chi connectivity index (χ1v) is 5.25. The quantitative estimate of drug-likeness (QED) is 0.890. The third-order valence-corrected chi connectivity index (χ3v) is 2.80. The van der Waals surface area contributed by atoms with Crippen molar-refractivity contribution in [1.82, 2.24) is 0 Å². The molecule has 16 heavy (non-hydrogen) atoms. The van der Waals surface area contributed by atoms with Crippen molar-refractivity contribution in [2.45, 2.75) is 12.0 Å². The Morgan fingerprint density at radius 1 is 1.50 bits per heavy atom. The second-order valence-corrected chi connectivity index (χ2v) is 4.39. The fourth-order valence-electron chi connectivity index (χ4n) is 1.08. The molecule has 0 aliphatic rings. The smallest absolute Gasteiger partial charge is 0.289 e. The summed E-state index contributed by atoms with van der Waals surface area (Å²) in [4.78, 5) is 0. The van der Waals surface area contributed by atoms with Crippen LogP contribution < -0.4 is 5.73 Å². The summed E-state index contributed by atoms with van der Waals surface area (Å²) >= 11 is 8.87. The maximum Gasteiger partial charge on any atom is 0.289 e. The Balaban J connectivity index is 0.00000225. The van der Waals surface area contributed by atoms with Gasteiger partial charge in [-0.2, -0.15) is 0 Å². The highest BCUT2D eigenvalue weighted by Gasteiger charge is 2.38. The van der Waals surface area contributed by atoms with E-state index in [1.54, 1.807) is 6.07 Å². The van der Waals surface area contributed by atoms with Crippen LogP contribution in [-0.2, 0) is 0 Å². The summed E-state index contributed by atoms with van der Waals surface area (Å²) < 4.78 is 26.8. The third-order valence-electron chi connectivity index (χ3n) is 1.96. The minimum absolute atomic E-state index is 0. The molecule has 3 N–H and O–H groups in total. The van der Waals surface area contributed by atoms with Gasteiger partial charge < -0.3 is 10.8 Å². The minimum atomic E-state index is -3.38. The van der Waals surface area contributed by atoms with Crippen LogP contribution in [0.2, 0.25) is 5.02 Å². The number of halogens is 5. The molecule has 1 rings (SSSR count). The van der Waals surface area contributed by atoms with Crippen LogP contribution in [0, 0.1) is 0 Å². The van der Waals surface area contributed by atoms with Gasteiger partial charge in [-0.1, -0.05) is 27.5 Å². The van der Waals surface area contributed by atoms with Gasteiger partial charge in [-0.3, -0.25) is 0 Å². The summed E-state index contributed by atoms with van der Waals surface area (Å²) in [6.07, 6.45) is 0. The second kappa shape index (κ2) is 6.12. The molecule has 0 radical (unpaired) electrons. The molecule has 92 valence electrons. The number of nitrogens with two attached hydrogens (primary N) is 1. The van der Waals surface area contributed by atoms with Crippen molar-refractivity contribution < 1.29 is 13.9 Å². The average Bonchev–Trinajstić information content (AvgIpc) is 2.20. The van der Waals surface area contributed by atoms with E-state index in [2.05, 4.69) is 15.9 Å². The first-order chi connectivity index (χ1) is 6.88. The van der Waals surface area contributed by atoms with Crippen LogP contribution in [0.15, 0.2) is 22.7 Å². The summed E-state index contributed by atoms with van der Waals surface area (Å²) in [5, 5.41) is 8.65. The van der Waals surface area contributed by atoms with Gasteiger partial charge >= 0.3 is 0 Å². The number of alkyl halides is 2. The first-order valence-electron chi connectivity index (χ1n) is 4.07. The molecule has 0 spiro atoms. The number of hydrogen-bond acceptors (Lipinski definition) is 2. The molecule has 7 heteroatoms. The van der Waals surface area contributed by atoms with Crippen molar-refractivity contribution in [3.8, 4) is 0 Å². The number of benzene rings is 1. The number of aliphatic hydroxyl groups excluding tert-OH is 1. The molecular weight excluding hydrogens is 327 g/mol. The Labute approximate surface area is 111 Å². The van der Waals surface area contributed by atoms with E-state index < -0.39 is 18.6 Å². The summed E-state index contributed by atoms with van der Waals surface area (Å²) in [7, 11) is 0. The molecule has 1 aromatic carbocycles. The van der Waals surface area contributed by atoms with Crippen molar-refractivity contribution in [2.24, 2.45) is 5.73 Å². The molecule has 0 unspecified atom stereocenters. The zero-order valence-electron chi connectivity index (χ0n) is 7.96. The van der Waals surface area contributed by atoms with E-state index in [1.165, 1.54) is 12.1 Å². The molecule has 0 aliphatic carbocycles. The third kappa shape index (κ3) is 3.53. The Kier molecular flexibility index (Phi) is 6.14. The van der Waals surface area contributed by atoms with Gasteiger partial charge in [0.05, 0.1) is 6.04 Å². The van der Waals surface area contributed by atoms with Crippen LogP contribution in [-0.4, -0.2) is 17.6 Å². The van der Waals surface area contributed by atoms with Crippen LogP contribution in [0.4, 0.5) is 8.78 Å². The lowest BCUT2D eigenvalue weighted by atomic mass is 10.0. The van der Waals surface area contributed by atoms with Gasteiger partial charge in [-0.05, 0) is 23.8 Å². The van der Waals surface area contributed by atoms with E-state index in [9.17, 15) is 8.78 Å². The lowest BCUT2D eigenvalue weighted by Gasteiger charge is -2.22. The SMILES string of the molecule is Cl.N[C@@H](c1cc(Br)ccc1Cl)C(F)(F)CO. The van der Waals surface area contributed by atoms with Crippen molar-refractivity contribution in [1.29, 1.82) is 0 Å². The maximum absolute atomic E-state index is 13.1. The fraction of sp³-hybridized carbons (Fsp3) is 0.333. The molecule has 2 nitrogen and oxygen atoms in total. The zero-order valence-corrected chi connectivity index (χ0v) is 11.1. The van der Waals surface area contributed by atoms with E-state index in [0.29, 0.717) is 4.47 Å². The summed E-state index contributed by atoms with van der Waals surface area (Å²) in [6, 6.07) is 2.88. The fourth-order valence-corrected chi connectivity index (χ4v) is 1.69. The molecule has 0 saturated heterocycles. The summed E-state index contributed by atoms with van der Waals surface area (Å²) in [6.45, 7) is -1.31. The summed E-state index contributed by atoms with van der Waals surface area (Å²) in [5.41, 5.74) is 5.44. The molecule has 0 aliphatic heterocycles. The Morgan fingerprint density at radius 2 is 2.06 bits per heavy atom. The highest BCUT2D eigenvalue weighted by atomic mass is 79.9. The predicted molar refractivity (Wildman–Crippen MR) is 65.4 cm³/mol. The lowest BCUT2D eigenvalue weighted by Crippen LogP contribution is -2.36. The van der Waals surface area contributed by atoms with Gasteiger partial charge in [0.1, 0.15) is 6.61 Å². The number of hydrogen-bond donors (Lipinski definition) is 2. The Bertz CT molecular complexity index is 365. The largest absolute Gasteiger partial charge is 0.390 e. The average molecular weight is 337 g/mol. The standard InChI is InChI=1S/C9H9BrClF2NO.ClH/c10-5-1-2-7(11)6(3-5)8(14)9(12,13)4-15;/h1-3,8,15H,4,14H2;1H/t8-;/m0./s1. The summed E-state index contributed by atoms with van der Waals surface area (Å²) in [5.74, 6) is -3.38. The molecule has 0 fully saturated rings. The van der Waals surface area contributed by atoms with Crippen LogP contribution in [0.5, 0.6) is 0 Å². The van der Waals surface area contributed by atoms with Gasteiger partial charge in [0.25, 0.3) is 5.92 Å². The molecule has 1 atom stereocenters. The Hall–Kier alpha value is 0.0600. The second-order valence-electron chi connectivity index (χ2n) is 3.06. The lowest BCUT2D eigenvalue weighted by molar-refractivity contribution is -0.0711. The van der Waals surface area contributed by atoms with Gasteiger partial charge in [-0.15, -0.1) is 12.4 Å². The van der Waals surface area contributed by atoms with Crippen LogP contribution in [0.3, 0.4) is 0 Å². The Morgan fingerprint density at radius 3 is 2.56 bits per heavy atom. The molecule has 0 aromatic heterocycles. The molecule has 0 bridgehead atoms. The highest BCUT2D eigenvalue weighted by Crippen LogP contribution is 2.34. The van der Waals surface area contributed by atoms with Gasteiger partial charge in [0.2, 0.25) is 0 Å². The number of aliphatic hydroxyl groups is 1. The molecule has 0 amide bonds. The first kappa shape index (κ1) is 16.1. The predicted octanol–water partition coefficient (Wildman–Crippen LogP) is 3.15. The van der Waals surface area contributed by atoms with Gasteiger partial charge in [-0.25, -0.2) is 8.78 Å². The molecule has 0 saturated carbocycles. The van der Waals surface area contributed by atoms with Gasteiger partial charge in [0.15, 0.2) is 0 Å². The highest BCUT2D eigenvalue weighted by molar-refractivity contribution is 9.10. The van der Waals surface area contributed by atoms with Crippen LogP contribution in [0.1, 0.15) is 11.6 Å². The number of rotatable bonds is 3. The van der Waals surface area contributed by atoms with Crippen molar-refractivity contribution >= 4 is 39.9 Å². The van der Waals surface area contributed by atoms with Gasteiger partial charge in [0, 0.05) is 9.50 Å². The van der Waals surface area contributed by atoms with E-state index >= 15 is 0 Å². The topological polar surface area (TPSA) is 46.2 Å². The van der Waals surface area contributed by atoms with E-state index in [0.717, 1.165) is 0 Å². The minimum Gasteiger partial charge on any atom is -0.390 e. The molecule has 1 aromatic rings. The molecular formula is C9H10BrCl2F2NO.